The normalized spacial score (nSPS) is 11.2. The van der Waals surface area contributed by atoms with Gasteiger partial charge >= 0.3 is 0 Å². The molecule has 0 aliphatic rings. The lowest BCUT2D eigenvalue weighted by atomic mass is 10.2. The predicted octanol–water partition coefficient (Wildman–Crippen LogP) is 1.69. The molecule has 0 bridgehead atoms. The number of nitrogens with one attached hydrogen (secondary N) is 1. The minimum absolute atomic E-state index is 0.0105. The van der Waals surface area contributed by atoms with Gasteiger partial charge in [0.1, 0.15) is 0 Å². The van der Waals surface area contributed by atoms with E-state index in [1.54, 1.807) is 6.08 Å². The summed E-state index contributed by atoms with van der Waals surface area (Å²) in [6.45, 7) is 0. The second-order valence-corrected chi connectivity index (χ2v) is 2.25. The van der Waals surface area contributed by atoms with Crippen molar-refractivity contribution in [1.82, 2.24) is 5.48 Å². The Morgan fingerprint density at radius 3 is 2.67 bits per heavy atom. The second kappa shape index (κ2) is 4.41. The third-order valence-electron chi connectivity index (χ3n) is 1.31. The van der Waals surface area contributed by atoms with E-state index < -0.39 is 0 Å². The molecule has 0 aliphatic heterocycles. The van der Waals surface area contributed by atoms with Gasteiger partial charge in [0.05, 0.1) is 7.11 Å². The van der Waals surface area contributed by atoms with E-state index in [4.69, 9.17) is 5.11 Å². The first-order valence-corrected chi connectivity index (χ1v) is 3.57. The fraction of sp³-hybridized carbons (Fsp3) is 0.111. The first kappa shape index (κ1) is 8.62. The van der Waals surface area contributed by atoms with Crippen LogP contribution in [0.3, 0.4) is 0 Å². The molecule has 64 valence electrons. The van der Waals surface area contributed by atoms with Crippen molar-refractivity contribution in [2.24, 2.45) is 0 Å². The van der Waals surface area contributed by atoms with Gasteiger partial charge in [0.15, 0.2) is 0 Å². The SMILES string of the molecule is CON/C(O)=C\c1ccccc1. The lowest BCUT2D eigenvalue weighted by Gasteiger charge is -1.99. The van der Waals surface area contributed by atoms with Gasteiger partial charge in [0.2, 0.25) is 5.88 Å². The van der Waals surface area contributed by atoms with Crippen LogP contribution in [0.15, 0.2) is 36.2 Å². The van der Waals surface area contributed by atoms with Crippen LogP contribution in [0.4, 0.5) is 0 Å². The Balaban J connectivity index is 2.67. The van der Waals surface area contributed by atoms with Crippen molar-refractivity contribution in [3.05, 3.63) is 41.8 Å². The van der Waals surface area contributed by atoms with E-state index in [-0.39, 0.29) is 5.88 Å². The molecule has 3 nitrogen and oxygen atoms in total. The Bertz CT molecular complexity index is 256. The number of rotatable bonds is 3. The van der Waals surface area contributed by atoms with Crippen LogP contribution in [0, 0.1) is 0 Å². The summed E-state index contributed by atoms with van der Waals surface area (Å²) in [7, 11) is 1.44. The zero-order chi connectivity index (χ0) is 8.81. The Morgan fingerprint density at radius 2 is 2.08 bits per heavy atom. The van der Waals surface area contributed by atoms with E-state index in [9.17, 15) is 0 Å². The molecule has 1 rings (SSSR count). The van der Waals surface area contributed by atoms with Crippen LogP contribution in [-0.4, -0.2) is 12.2 Å². The van der Waals surface area contributed by atoms with Crippen LogP contribution < -0.4 is 5.48 Å². The minimum Gasteiger partial charge on any atom is -0.493 e. The highest BCUT2D eigenvalue weighted by atomic mass is 16.6. The van der Waals surface area contributed by atoms with E-state index in [0.29, 0.717) is 0 Å². The van der Waals surface area contributed by atoms with Crippen LogP contribution in [0.2, 0.25) is 0 Å². The number of hydrogen-bond donors (Lipinski definition) is 2. The molecule has 0 fully saturated rings. The van der Waals surface area contributed by atoms with E-state index in [2.05, 4.69) is 10.3 Å². The molecular weight excluding hydrogens is 154 g/mol. The number of aliphatic hydroxyl groups excluding tert-OH is 1. The standard InChI is InChI=1S/C9H11NO2/c1-12-10-9(11)7-8-5-3-2-4-6-8/h2-7,10-11H,1H3/b9-7+. The van der Waals surface area contributed by atoms with Crippen molar-refractivity contribution in [2.45, 2.75) is 0 Å². The fourth-order valence-electron chi connectivity index (χ4n) is 0.841. The maximum atomic E-state index is 9.13. The van der Waals surface area contributed by atoms with Crippen molar-refractivity contribution in [3.8, 4) is 0 Å². The lowest BCUT2D eigenvalue weighted by Crippen LogP contribution is -2.09. The summed E-state index contributed by atoms with van der Waals surface area (Å²) in [6, 6.07) is 9.47. The van der Waals surface area contributed by atoms with Crippen LogP contribution in [0.1, 0.15) is 5.56 Å². The minimum atomic E-state index is -0.0105. The van der Waals surface area contributed by atoms with Crippen molar-refractivity contribution in [3.63, 3.8) is 0 Å². The molecule has 0 atom stereocenters. The van der Waals surface area contributed by atoms with Crippen LogP contribution in [0.5, 0.6) is 0 Å². The molecule has 0 amide bonds. The fourth-order valence-corrected chi connectivity index (χ4v) is 0.841. The van der Waals surface area contributed by atoms with Crippen LogP contribution in [0.25, 0.3) is 6.08 Å². The molecule has 1 aromatic rings. The number of aliphatic hydroxyl groups is 1. The van der Waals surface area contributed by atoms with Crippen molar-refractivity contribution >= 4 is 6.08 Å². The van der Waals surface area contributed by atoms with Gasteiger partial charge in [0.25, 0.3) is 0 Å². The molecule has 0 spiro atoms. The zero-order valence-corrected chi connectivity index (χ0v) is 6.82. The zero-order valence-electron chi connectivity index (χ0n) is 6.82. The molecule has 0 unspecified atom stereocenters. The highest BCUT2D eigenvalue weighted by Gasteiger charge is 1.89. The molecule has 1 aromatic carbocycles. The molecule has 0 radical (unpaired) electrons. The quantitative estimate of drug-likeness (QED) is 0.529. The van der Waals surface area contributed by atoms with Gasteiger partial charge in [0, 0.05) is 6.08 Å². The molecule has 0 saturated heterocycles. The molecule has 0 aliphatic carbocycles. The van der Waals surface area contributed by atoms with E-state index in [1.165, 1.54) is 7.11 Å². The van der Waals surface area contributed by atoms with Gasteiger partial charge in [-0.2, -0.15) is 0 Å². The Morgan fingerprint density at radius 1 is 1.42 bits per heavy atom. The topological polar surface area (TPSA) is 41.5 Å². The highest BCUT2D eigenvalue weighted by Crippen LogP contribution is 2.02. The van der Waals surface area contributed by atoms with Gasteiger partial charge in [-0.1, -0.05) is 30.3 Å². The second-order valence-electron chi connectivity index (χ2n) is 2.25. The highest BCUT2D eigenvalue weighted by molar-refractivity contribution is 5.49. The molecular formula is C9H11NO2. The first-order valence-electron chi connectivity index (χ1n) is 3.57. The average molecular weight is 165 g/mol. The number of hydrogen-bond acceptors (Lipinski definition) is 3. The molecule has 0 aromatic heterocycles. The van der Waals surface area contributed by atoms with Gasteiger partial charge < -0.3 is 5.11 Å². The summed E-state index contributed by atoms with van der Waals surface area (Å²) >= 11 is 0. The molecule has 3 heteroatoms. The third-order valence-corrected chi connectivity index (χ3v) is 1.31. The van der Waals surface area contributed by atoms with E-state index in [1.807, 2.05) is 30.3 Å². The largest absolute Gasteiger partial charge is 0.493 e. The Hall–Kier alpha value is -1.48. The van der Waals surface area contributed by atoms with Gasteiger partial charge in [-0.05, 0) is 5.56 Å². The van der Waals surface area contributed by atoms with Crippen molar-refractivity contribution < 1.29 is 9.94 Å². The van der Waals surface area contributed by atoms with Gasteiger partial charge in [-0.3, -0.25) is 4.84 Å². The van der Waals surface area contributed by atoms with E-state index in [0.717, 1.165) is 5.56 Å². The summed E-state index contributed by atoms with van der Waals surface area (Å²) in [4.78, 5) is 4.51. The Labute approximate surface area is 71.2 Å². The maximum absolute atomic E-state index is 9.13. The van der Waals surface area contributed by atoms with Crippen molar-refractivity contribution in [2.75, 3.05) is 7.11 Å². The molecule has 12 heavy (non-hydrogen) atoms. The van der Waals surface area contributed by atoms with Crippen molar-refractivity contribution in [1.29, 1.82) is 0 Å². The number of hydroxylamine groups is 1. The average Bonchev–Trinajstić information content (AvgIpc) is 2.06. The summed E-state index contributed by atoms with van der Waals surface area (Å²) < 4.78 is 0. The van der Waals surface area contributed by atoms with E-state index >= 15 is 0 Å². The summed E-state index contributed by atoms with van der Waals surface area (Å²) in [5.74, 6) is -0.0105. The molecule has 2 N–H and O–H groups in total. The Kier molecular flexibility index (Phi) is 3.17. The lowest BCUT2D eigenvalue weighted by molar-refractivity contribution is 0.0800. The van der Waals surface area contributed by atoms with Crippen LogP contribution in [-0.2, 0) is 4.84 Å². The van der Waals surface area contributed by atoms with Crippen LogP contribution >= 0.6 is 0 Å². The van der Waals surface area contributed by atoms with Gasteiger partial charge in [-0.15, -0.1) is 0 Å². The summed E-state index contributed by atoms with van der Waals surface area (Å²) in [6.07, 6.45) is 1.57. The maximum Gasteiger partial charge on any atom is 0.209 e. The first-order chi connectivity index (χ1) is 5.83. The predicted molar refractivity (Wildman–Crippen MR) is 47.2 cm³/mol. The number of benzene rings is 1. The summed E-state index contributed by atoms with van der Waals surface area (Å²) in [5, 5.41) is 9.13. The van der Waals surface area contributed by atoms with Gasteiger partial charge in [-0.25, -0.2) is 5.48 Å². The molecule has 0 heterocycles. The summed E-state index contributed by atoms with van der Waals surface area (Å²) in [5.41, 5.74) is 3.23. The third kappa shape index (κ3) is 2.64. The smallest absolute Gasteiger partial charge is 0.209 e. The molecule has 0 saturated carbocycles. The monoisotopic (exact) mass is 165 g/mol.